The van der Waals surface area contributed by atoms with Crippen molar-refractivity contribution in [2.24, 2.45) is 0 Å². The number of benzene rings is 2. The molecule has 0 aliphatic carbocycles. The van der Waals surface area contributed by atoms with E-state index >= 15 is 0 Å². The summed E-state index contributed by atoms with van der Waals surface area (Å²) >= 11 is 12.2. The molecule has 0 heterocycles. The van der Waals surface area contributed by atoms with Gasteiger partial charge in [0.15, 0.2) is 9.84 Å². The molecule has 20 heavy (non-hydrogen) atoms. The zero-order chi connectivity index (χ0) is 14.8. The van der Waals surface area contributed by atoms with E-state index in [4.69, 9.17) is 23.2 Å². The van der Waals surface area contributed by atoms with Crippen molar-refractivity contribution in [3.63, 3.8) is 0 Å². The molecule has 2 aromatic rings. The van der Waals surface area contributed by atoms with E-state index in [1.807, 2.05) is 18.2 Å². The second-order valence-corrected chi connectivity index (χ2v) is 7.12. The first-order valence-electron chi connectivity index (χ1n) is 5.85. The largest absolute Gasteiger partial charge is 0.380 e. The molecule has 0 unspecified atom stereocenters. The molecule has 2 aromatic carbocycles. The van der Waals surface area contributed by atoms with Crippen LogP contribution in [0, 0.1) is 0 Å². The zero-order valence-corrected chi connectivity index (χ0v) is 13.1. The standard InChI is InChI=1S/C14H13Cl2NO2S/c1-20(18,19)14-8-4-6-11(15)10(14)9-17-13-7-3-2-5-12(13)16/h2-8,17H,9H2,1H3. The Morgan fingerprint density at radius 3 is 2.30 bits per heavy atom. The minimum atomic E-state index is -3.33. The van der Waals surface area contributed by atoms with Crippen LogP contribution in [-0.4, -0.2) is 14.7 Å². The Morgan fingerprint density at radius 1 is 1.00 bits per heavy atom. The van der Waals surface area contributed by atoms with Crippen LogP contribution in [0.5, 0.6) is 0 Å². The number of halogens is 2. The van der Waals surface area contributed by atoms with Gasteiger partial charge < -0.3 is 5.32 Å². The van der Waals surface area contributed by atoms with Crippen molar-refractivity contribution in [3.05, 3.63) is 58.1 Å². The highest BCUT2D eigenvalue weighted by Gasteiger charge is 2.15. The number of nitrogens with one attached hydrogen (secondary N) is 1. The van der Waals surface area contributed by atoms with Gasteiger partial charge in [0.25, 0.3) is 0 Å². The summed E-state index contributed by atoms with van der Waals surface area (Å²) < 4.78 is 23.5. The molecule has 0 aromatic heterocycles. The summed E-state index contributed by atoms with van der Waals surface area (Å²) in [7, 11) is -3.33. The van der Waals surface area contributed by atoms with E-state index < -0.39 is 9.84 Å². The summed E-state index contributed by atoms with van der Waals surface area (Å²) in [5.74, 6) is 0. The normalized spacial score (nSPS) is 11.3. The Hall–Kier alpha value is -1.23. The summed E-state index contributed by atoms with van der Waals surface area (Å²) in [4.78, 5) is 0.226. The molecule has 106 valence electrons. The first-order valence-corrected chi connectivity index (χ1v) is 8.50. The molecule has 3 nitrogen and oxygen atoms in total. The molecular weight excluding hydrogens is 317 g/mol. The Morgan fingerprint density at radius 2 is 1.65 bits per heavy atom. The Labute approximate surface area is 128 Å². The number of rotatable bonds is 4. The topological polar surface area (TPSA) is 46.2 Å². The highest BCUT2D eigenvalue weighted by Crippen LogP contribution is 2.27. The molecule has 6 heteroatoms. The monoisotopic (exact) mass is 329 g/mol. The van der Waals surface area contributed by atoms with Crippen molar-refractivity contribution in [3.8, 4) is 0 Å². The molecule has 0 saturated carbocycles. The fraction of sp³-hybridized carbons (Fsp3) is 0.143. The van der Waals surface area contributed by atoms with Gasteiger partial charge in [0.05, 0.1) is 15.6 Å². The van der Waals surface area contributed by atoms with Crippen molar-refractivity contribution in [2.45, 2.75) is 11.4 Å². The number of para-hydroxylation sites is 1. The molecular formula is C14H13Cl2NO2S. The Bertz CT molecular complexity index is 730. The smallest absolute Gasteiger partial charge is 0.175 e. The third-order valence-electron chi connectivity index (χ3n) is 2.80. The van der Waals surface area contributed by atoms with E-state index in [1.54, 1.807) is 24.3 Å². The average molecular weight is 330 g/mol. The van der Waals surface area contributed by atoms with Crippen LogP contribution in [-0.2, 0) is 16.4 Å². The van der Waals surface area contributed by atoms with Crippen molar-refractivity contribution in [2.75, 3.05) is 11.6 Å². The fourth-order valence-corrected chi connectivity index (χ4v) is 3.30. The number of sulfone groups is 1. The van der Waals surface area contributed by atoms with Crippen LogP contribution in [0.2, 0.25) is 10.0 Å². The van der Waals surface area contributed by atoms with Gasteiger partial charge in [-0.2, -0.15) is 0 Å². The molecule has 0 bridgehead atoms. The van der Waals surface area contributed by atoms with E-state index in [0.29, 0.717) is 15.6 Å². The van der Waals surface area contributed by atoms with Crippen molar-refractivity contribution < 1.29 is 8.42 Å². The maximum Gasteiger partial charge on any atom is 0.175 e. The molecule has 0 aliphatic rings. The summed E-state index contributed by atoms with van der Waals surface area (Å²) in [6.45, 7) is 0.284. The molecule has 2 rings (SSSR count). The van der Waals surface area contributed by atoms with Crippen LogP contribution in [0.1, 0.15) is 5.56 Å². The first kappa shape index (κ1) is 15.2. The van der Waals surface area contributed by atoms with Gasteiger partial charge in [-0.15, -0.1) is 0 Å². The quantitative estimate of drug-likeness (QED) is 0.921. The average Bonchev–Trinajstić information content (AvgIpc) is 2.37. The summed E-state index contributed by atoms with van der Waals surface area (Å²) in [6.07, 6.45) is 1.16. The maximum absolute atomic E-state index is 11.8. The van der Waals surface area contributed by atoms with Gasteiger partial charge in [-0.3, -0.25) is 0 Å². The zero-order valence-electron chi connectivity index (χ0n) is 10.7. The molecule has 0 saturated heterocycles. The fourth-order valence-electron chi connectivity index (χ4n) is 1.85. The van der Waals surface area contributed by atoms with Crippen molar-refractivity contribution >= 4 is 38.7 Å². The lowest BCUT2D eigenvalue weighted by molar-refractivity contribution is 0.601. The summed E-state index contributed by atoms with van der Waals surface area (Å²) in [6, 6.07) is 12.1. The lowest BCUT2D eigenvalue weighted by Crippen LogP contribution is -2.08. The molecule has 0 radical (unpaired) electrons. The van der Waals surface area contributed by atoms with Gasteiger partial charge in [-0.25, -0.2) is 8.42 Å². The van der Waals surface area contributed by atoms with Crippen LogP contribution in [0.25, 0.3) is 0 Å². The van der Waals surface area contributed by atoms with Gasteiger partial charge in [0.2, 0.25) is 0 Å². The van der Waals surface area contributed by atoms with Crippen LogP contribution in [0.3, 0.4) is 0 Å². The van der Waals surface area contributed by atoms with Gasteiger partial charge in [0, 0.05) is 23.4 Å². The third-order valence-corrected chi connectivity index (χ3v) is 4.67. The number of hydrogen-bond donors (Lipinski definition) is 1. The van der Waals surface area contributed by atoms with Crippen molar-refractivity contribution in [1.82, 2.24) is 0 Å². The molecule has 0 atom stereocenters. The van der Waals surface area contributed by atoms with Gasteiger partial charge in [-0.05, 0) is 24.3 Å². The van der Waals surface area contributed by atoms with Gasteiger partial charge in [-0.1, -0.05) is 41.4 Å². The molecule has 0 aliphatic heterocycles. The second kappa shape index (κ2) is 6.04. The predicted molar refractivity (Wildman–Crippen MR) is 83.3 cm³/mol. The number of hydrogen-bond acceptors (Lipinski definition) is 3. The van der Waals surface area contributed by atoms with Crippen LogP contribution in [0.15, 0.2) is 47.4 Å². The minimum Gasteiger partial charge on any atom is -0.380 e. The van der Waals surface area contributed by atoms with Gasteiger partial charge >= 0.3 is 0 Å². The second-order valence-electron chi connectivity index (χ2n) is 4.32. The third kappa shape index (κ3) is 3.45. The van der Waals surface area contributed by atoms with Gasteiger partial charge in [0.1, 0.15) is 0 Å². The first-order chi connectivity index (χ1) is 9.39. The molecule has 0 amide bonds. The van der Waals surface area contributed by atoms with E-state index in [9.17, 15) is 8.42 Å². The van der Waals surface area contributed by atoms with Crippen LogP contribution in [0.4, 0.5) is 5.69 Å². The van der Waals surface area contributed by atoms with Crippen LogP contribution >= 0.6 is 23.2 Å². The highest BCUT2D eigenvalue weighted by molar-refractivity contribution is 7.90. The SMILES string of the molecule is CS(=O)(=O)c1cccc(Cl)c1CNc1ccccc1Cl. The van der Waals surface area contributed by atoms with E-state index in [-0.39, 0.29) is 11.4 Å². The predicted octanol–water partition coefficient (Wildman–Crippen LogP) is 4.01. The molecule has 0 spiro atoms. The lowest BCUT2D eigenvalue weighted by Gasteiger charge is -2.13. The lowest BCUT2D eigenvalue weighted by atomic mass is 10.2. The van der Waals surface area contributed by atoms with Crippen molar-refractivity contribution in [1.29, 1.82) is 0 Å². The summed E-state index contributed by atoms with van der Waals surface area (Å²) in [5, 5.41) is 4.08. The molecule has 1 N–H and O–H groups in total. The minimum absolute atomic E-state index is 0.226. The Balaban J connectivity index is 2.33. The summed E-state index contributed by atoms with van der Waals surface area (Å²) in [5.41, 5.74) is 1.27. The highest BCUT2D eigenvalue weighted by atomic mass is 35.5. The van der Waals surface area contributed by atoms with E-state index in [2.05, 4.69) is 5.32 Å². The Kier molecular flexibility index (Phi) is 4.58. The van der Waals surface area contributed by atoms with E-state index in [0.717, 1.165) is 11.9 Å². The van der Waals surface area contributed by atoms with Crippen LogP contribution < -0.4 is 5.32 Å². The molecule has 0 fully saturated rings. The van der Waals surface area contributed by atoms with E-state index in [1.165, 1.54) is 0 Å². The number of anilines is 1. The maximum atomic E-state index is 11.8.